The molecule has 2 aromatic heterocycles. The Morgan fingerprint density at radius 2 is 2.05 bits per heavy atom. The van der Waals surface area contributed by atoms with E-state index in [1.54, 1.807) is 7.05 Å². The molecular formula is C12H17N5O3. The fourth-order valence-electron chi connectivity index (χ4n) is 2.52. The SMILES string of the molecule is Cn1c(=O)c2[nH]c(NCC3CC(O)C3)nc2n(C)c1=O. The highest BCUT2D eigenvalue weighted by molar-refractivity contribution is 5.72. The van der Waals surface area contributed by atoms with E-state index in [0.717, 1.165) is 17.4 Å². The van der Waals surface area contributed by atoms with Crippen LogP contribution in [0.5, 0.6) is 0 Å². The maximum Gasteiger partial charge on any atom is 0.332 e. The van der Waals surface area contributed by atoms with Crippen LogP contribution in [0.3, 0.4) is 0 Å². The molecule has 0 saturated heterocycles. The number of hydrogen-bond acceptors (Lipinski definition) is 5. The summed E-state index contributed by atoms with van der Waals surface area (Å²) in [5, 5.41) is 12.3. The average molecular weight is 279 g/mol. The lowest BCUT2D eigenvalue weighted by molar-refractivity contribution is 0.0486. The van der Waals surface area contributed by atoms with Crippen LogP contribution >= 0.6 is 0 Å². The van der Waals surface area contributed by atoms with E-state index in [0.29, 0.717) is 29.6 Å². The van der Waals surface area contributed by atoms with E-state index < -0.39 is 5.69 Å². The third-order valence-electron chi connectivity index (χ3n) is 3.86. The Balaban J connectivity index is 1.91. The molecule has 1 fully saturated rings. The summed E-state index contributed by atoms with van der Waals surface area (Å²) in [5.74, 6) is 0.893. The van der Waals surface area contributed by atoms with Gasteiger partial charge in [0.15, 0.2) is 11.2 Å². The second-order valence-corrected chi connectivity index (χ2v) is 5.36. The lowest BCUT2D eigenvalue weighted by atomic mass is 9.82. The summed E-state index contributed by atoms with van der Waals surface area (Å²) >= 11 is 0. The zero-order valence-corrected chi connectivity index (χ0v) is 11.4. The van der Waals surface area contributed by atoms with Gasteiger partial charge in [-0.05, 0) is 18.8 Å². The van der Waals surface area contributed by atoms with Crippen molar-refractivity contribution in [1.29, 1.82) is 0 Å². The standard InChI is InChI=1S/C12H17N5O3/c1-16-9-8(10(19)17(2)12(16)20)14-11(15-9)13-5-6-3-7(18)4-6/h6-7,18H,3-5H2,1-2H3,(H2,13,14,15). The molecule has 20 heavy (non-hydrogen) atoms. The van der Waals surface area contributed by atoms with Gasteiger partial charge in [-0.3, -0.25) is 13.9 Å². The molecule has 1 aliphatic carbocycles. The second-order valence-electron chi connectivity index (χ2n) is 5.36. The Bertz CT molecular complexity index is 766. The number of aromatic amines is 1. The fraction of sp³-hybridized carbons (Fsp3) is 0.583. The lowest BCUT2D eigenvalue weighted by Crippen LogP contribution is -2.36. The summed E-state index contributed by atoms with van der Waals surface area (Å²) in [6.07, 6.45) is 1.38. The number of aliphatic hydroxyl groups is 1. The van der Waals surface area contributed by atoms with E-state index in [1.165, 1.54) is 11.6 Å². The van der Waals surface area contributed by atoms with Crippen molar-refractivity contribution in [2.45, 2.75) is 18.9 Å². The number of aliphatic hydroxyl groups excluding tert-OH is 1. The maximum absolute atomic E-state index is 12.0. The van der Waals surface area contributed by atoms with Gasteiger partial charge in [-0.1, -0.05) is 0 Å². The minimum Gasteiger partial charge on any atom is -0.393 e. The van der Waals surface area contributed by atoms with Gasteiger partial charge in [-0.2, -0.15) is 4.98 Å². The molecule has 0 amide bonds. The molecule has 3 rings (SSSR count). The molecule has 8 heteroatoms. The van der Waals surface area contributed by atoms with Crippen LogP contribution in [-0.4, -0.2) is 36.9 Å². The monoisotopic (exact) mass is 279 g/mol. The van der Waals surface area contributed by atoms with Gasteiger partial charge in [0.2, 0.25) is 5.95 Å². The highest BCUT2D eigenvalue weighted by Gasteiger charge is 2.27. The summed E-state index contributed by atoms with van der Waals surface area (Å²) in [7, 11) is 3.02. The Kier molecular flexibility index (Phi) is 2.89. The smallest absolute Gasteiger partial charge is 0.332 e. The van der Waals surface area contributed by atoms with Crippen LogP contribution in [0.25, 0.3) is 11.2 Å². The molecule has 1 aliphatic rings. The summed E-state index contributed by atoms with van der Waals surface area (Å²) in [6, 6.07) is 0. The average Bonchev–Trinajstić information content (AvgIpc) is 2.82. The zero-order valence-electron chi connectivity index (χ0n) is 11.4. The van der Waals surface area contributed by atoms with Gasteiger partial charge in [0, 0.05) is 20.6 Å². The zero-order chi connectivity index (χ0) is 14.4. The lowest BCUT2D eigenvalue weighted by Gasteiger charge is -2.31. The Hall–Kier alpha value is -2.09. The highest BCUT2D eigenvalue weighted by Crippen LogP contribution is 2.27. The molecule has 0 bridgehead atoms. The van der Waals surface area contributed by atoms with Crippen LogP contribution in [0.4, 0.5) is 5.95 Å². The van der Waals surface area contributed by atoms with Gasteiger partial charge in [0.05, 0.1) is 6.10 Å². The molecule has 108 valence electrons. The van der Waals surface area contributed by atoms with Gasteiger partial charge < -0.3 is 15.4 Å². The first-order valence-corrected chi connectivity index (χ1v) is 6.55. The summed E-state index contributed by atoms with van der Waals surface area (Å²) in [5.41, 5.74) is -0.134. The van der Waals surface area contributed by atoms with Crippen LogP contribution in [0.2, 0.25) is 0 Å². The molecule has 0 atom stereocenters. The number of anilines is 1. The molecule has 2 heterocycles. The normalized spacial score (nSPS) is 21.9. The van der Waals surface area contributed by atoms with E-state index in [1.807, 2.05) is 0 Å². The van der Waals surface area contributed by atoms with E-state index in [2.05, 4.69) is 15.3 Å². The van der Waals surface area contributed by atoms with E-state index >= 15 is 0 Å². The minimum absolute atomic E-state index is 0.189. The number of H-pyrrole nitrogens is 1. The van der Waals surface area contributed by atoms with Crippen molar-refractivity contribution in [3.63, 3.8) is 0 Å². The predicted molar refractivity (Wildman–Crippen MR) is 73.8 cm³/mol. The van der Waals surface area contributed by atoms with Crippen molar-refractivity contribution in [3.05, 3.63) is 20.8 Å². The third kappa shape index (κ3) is 1.92. The number of fused-ring (bicyclic) bond motifs is 1. The molecule has 0 spiro atoms. The van der Waals surface area contributed by atoms with E-state index in [4.69, 9.17) is 0 Å². The van der Waals surface area contributed by atoms with Gasteiger partial charge in [0.1, 0.15) is 0 Å². The number of nitrogens with one attached hydrogen (secondary N) is 2. The predicted octanol–water partition coefficient (Wildman–Crippen LogP) is -0.857. The fourth-order valence-corrected chi connectivity index (χ4v) is 2.52. The molecule has 1 saturated carbocycles. The number of aryl methyl sites for hydroxylation is 1. The minimum atomic E-state index is -0.400. The summed E-state index contributed by atoms with van der Waals surface area (Å²) in [6.45, 7) is 0.686. The molecular weight excluding hydrogens is 262 g/mol. The number of nitrogens with zero attached hydrogens (tertiary/aromatic N) is 3. The number of imidazole rings is 1. The topological polar surface area (TPSA) is 105 Å². The molecule has 0 aliphatic heterocycles. The number of rotatable bonds is 3. The van der Waals surface area contributed by atoms with Crippen molar-refractivity contribution < 1.29 is 5.11 Å². The van der Waals surface area contributed by atoms with Gasteiger partial charge in [-0.25, -0.2) is 4.79 Å². The molecule has 3 N–H and O–H groups in total. The van der Waals surface area contributed by atoms with Crippen molar-refractivity contribution >= 4 is 17.1 Å². The number of aromatic nitrogens is 4. The van der Waals surface area contributed by atoms with Crippen LogP contribution in [-0.2, 0) is 14.1 Å². The van der Waals surface area contributed by atoms with Gasteiger partial charge in [-0.15, -0.1) is 0 Å². The molecule has 0 aromatic carbocycles. The Labute approximate surface area is 114 Å². The first-order chi connectivity index (χ1) is 9.47. The second kappa shape index (κ2) is 4.48. The van der Waals surface area contributed by atoms with Crippen molar-refractivity contribution in [2.24, 2.45) is 20.0 Å². The third-order valence-corrected chi connectivity index (χ3v) is 3.86. The van der Waals surface area contributed by atoms with Crippen molar-refractivity contribution in [3.8, 4) is 0 Å². The van der Waals surface area contributed by atoms with Crippen molar-refractivity contribution in [1.82, 2.24) is 19.1 Å². The highest BCUT2D eigenvalue weighted by atomic mass is 16.3. The molecule has 0 unspecified atom stereocenters. The summed E-state index contributed by atoms with van der Waals surface area (Å²) in [4.78, 5) is 30.9. The summed E-state index contributed by atoms with van der Waals surface area (Å²) < 4.78 is 2.39. The van der Waals surface area contributed by atoms with Gasteiger partial charge in [0.25, 0.3) is 5.56 Å². The molecule has 0 radical (unpaired) electrons. The van der Waals surface area contributed by atoms with Crippen LogP contribution in [0.1, 0.15) is 12.8 Å². The Morgan fingerprint density at radius 1 is 1.35 bits per heavy atom. The number of hydrogen-bond donors (Lipinski definition) is 3. The quantitative estimate of drug-likeness (QED) is 0.678. The largest absolute Gasteiger partial charge is 0.393 e. The maximum atomic E-state index is 12.0. The molecule has 2 aromatic rings. The van der Waals surface area contributed by atoms with Crippen LogP contribution < -0.4 is 16.6 Å². The van der Waals surface area contributed by atoms with Crippen LogP contribution in [0.15, 0.2) is 9.59 Å². The van der Waals surface area contributed by atoms with E-state index in [-0.39, 0.29) is 11.7 Å². The van der Waals surface area contributed by atoms with E-state index in [9.17, 15) is 14.7 Å². The van der Waals surface area contributed by atoms with Crippen LogP contribution in [0, 0.1) is 5.92 Å². The Morgan fingerprint density at radius 3 is 2.70 bits per heavy atom. The first-order valence-electron chi connectivity index (χ1n) is 6.55. The first kappa shape index (κ1) is 12.9. The van der Waals surface area contributed by atoms with Gasteiger partial charge >= 0.3 is 5.69 Å². The van der Waals surface area contributed by atoms with Crippen molar-refractivity contribution in [2.75, 3.05) is 11.9 Å². The molecule has 8 nitrogen and oxygen atoms in total.